The van der Waals surface area contributed by atoms with E-state index in [0.717, 1.165) is 20.1 Å². The van der Waals surface area contributed by atoms with Gasteiger partial charge in [-0.2, -0.15) is 0 Å². The number of ether oxygens (including phenoxy) is 7. The molecule has 19 nitrogen and oxygen atoms in total. The van der Waals surface area contributed by atoms with E-state index < -0.39 is 120 Å². The second-order valence-corrected chi connectivity index (χ2v) is 11.4. The van der Waals surface area contributed by atoms with Crippen molar-refractivity contribution >= 4 is 16.9 Å². The van der Waals surface area contributed by atoms with Gasteiger partial charge in [0.15, 0.2) is 28.6 Å². The smallest absolute Gasteiger partial charge is 0.302 e. The average Bonchev–Trinajstić information content (AvgIpc) is 3.09. The number of carbonyl (C=O) groups is 1. The van der Waals surface area contributed by atoms with E-state index in [0.29, 0.717) is 0 Å². The molecule has 0 radical (unpaired) electrons. The van der Waals surface area contributed by atoms with E-state index in [-0.39, 0.29) is 22.8 Å². The van der Waals surface area contributed by atoms with Gasteiger partial charge in [-0.3, -0.25) is 9.59 Å². The summed E-state index contributed by atoms with van der Waals surface area (Å²) in [6, 6.07) is 4.60. The summed E-state index contributed by atoms with van der Waals surface area (Å²) in [7, 11) is 2.39. The van der Waals surface area contributed by atoms with E-state index in [4.69, 9.17) is 37.6 Å². The van der Waals surface area contributed by atoms with Crippen molar-refractivity contribution in [3.05, 3.63) is 34.5 Å². The van der Waals surface area contributed by atoms with E-state index in [2.05, 4.69) is 0 Å². The van der Waals surface area contributed by atoms with Gasteiger partial charge < -0.3 is 83.5 Å². The van der Waals surface area contributed by atoms with Crippen molar-refractivity contribution in [2.45, 2.75) is 68.3 Å². The summed E-state index contributed by atoms with van der Waals surface area (Å²) in [4.78, 5) is 25.5. The molecule has 3 aromatic rings. The first kappa shape index (κ1) is 36.8. The van der Waals surface area contributed by atoms with Gasteiger partial charge in [0.05, 0.1) is 20.8 Å². The van der Waals surface area contributed by atoms with Gasteiger partial charge in [-0.1, -0.05) is 0 Å². The van der Waals surface area contributed by atoms with Crippen molar-refractivity contribution in [2.75, 3.05) is 27.4 Å². The van der Waals surface area contributed by atoms with Crippen LogP contribution in [0.25, 0.3) is 22.3 Å². The number of aliphatic hydroxyl groups is 7. The molecule has 2 aliphatic rings. The summed E-state index contributed by atoms with van der Waals surface area (Å²) in [5.74, 6) is -3.84. The fourth-order valence-corrected chi connectivity index (χ4v) is 5.44. The zero-order valence-electron chi connectivity index (χ0n) is 26.6. The lowest BCUT2D eigenvalue weighted by molar-refractivity contribution is -0.278. The van der Waals surface area contributed by atoms with Crippen LogP contribution in [0, 0.1) is 0 Å². The fourth-order valence-electron chi connectivity index (χ4n) is 5.44. The van der Waals surface area contributed by atoms with Crippen LogP contribution in [-0.4, -0.2) is 141 Å². The third-order valence-corrected chi connectivity index (χ3v) is 8.12. The predicted octanol–water partition coefficient (Wildman–Crippen LogP) is -2.18. The largest absolute Gasteiger partial charge is 0.507 e. The number of benzene rings is 2. The molecule has 2 aromatic carbocycles. The van der Waals surface area contributed by atoms with Gasteiger partial charge in [-0.15, -0.1) is 0 Å². The second-order valence-electron chi connectivity index (χ2n) is 11.4. The predicted molar refractivity (Wildman–Crippen MR) is 163 cm³/mol. The molecule has 9 N–H and O–H groups in total. The molecule has 0 saturated carbocycles. The molecule has 0 unspecified atom stereocenters. The summed E-state index contributed by atoms with van der Waals surface area (Å²) in [5, 5.41) is 92.8. The Bertz CT molecular complexity index is 1760. The van der Waals surface area contributed by atoms with Crippen LogP contribution in [0.1, 0.15) is 6.92 Å². The maximum Gasteiger partial charge on any atom is 0.302 e. The lowest BCUT2D eigenvalue weighted by atomic mass is 9.99. The highest BCUT2D eigenvalue weighted by Gasteiger charge is 2.47. The first-order chi connectivity index (χ1) is 23.7. The highest BCUT2D eigenvalue weighted by Crippen LogP contribution is 2.45. The van der Waals surface area contributed by atoms with Crippen LogP contribution in [0.15, 0.2) is 33.5 Å². The standard InChI is InChI=1S/C31H36O19/c1-10(33)45-9-17-20(37)23(40)25(42)31(48-17)50-29-21(38)18-13(35)7-15(46-30-24(41)22(39)19(36)16(8-32)47-30)27(44-3)28(18)49-26(29)11-4-5-12(34)14(6-11)43-2/h4-7,16-17,19-20,22-25,30-32,34-37,39-42H,8-9H2,1-3H3/t16-,17-,19-,20-,22+,23+,24-,25-,30-,31+/m1/s1. The Labute approximate surface area is 281 Å². The third kappa shape index (κ3) is 6.82. The lowest BCUT2D eigenvalue weighted by Crippen LogP contribution is -2.60. The van der Waals surface area contributed by atoms with Crippen LogP contribution in [0.5, 0.6) is 34.5 Å². The normalized spacial score (nSPS) is 29.7. The lowest BCUT2D eigenvalue weighted by Gasteiger charge is -2.40. The number of aromatic hydroxyl groups is 2. The highest BCUT2D eigenvalue weighted by atomic mass is 16.7. The molecule has 50 heavy (non-hydrogen) atoms. The molecule has 19 heteroatoms. The number of methoxy groups -OCH3 is 2. The Balaban J connectivity index is 1.66. The zero-order valence-corrected chi connectivity index (χ0v) is 26.6. The topological polar surface area (TPSA) is 294 Å². The summed E-state index contributed by atoms with van der Waals surface area (Å²) in [6.07, 6.45) is -17.4. The van der Waals surface area contributed by atoms with Crippen molar-refractivity contribution < 1.29 is 88.3 Å². The maximum atomic E-state index is 14.2. The maximum absolute atomic E-state index is 14.2. The van der Waals surface area contributed by atoms with Crippen LogP contribution < -0.4 is 24.4 Å². The number of carbonyl (C=O) groups excluding carboxylic acids is 1. The van der Waals surface area contributed by atoms with Crippen molar-refractivity contribution in [2.24, 2.45) is 0 Å². The summed E-state index contributed by atoms with van der Waals surface area (Å²) < 4.78 is 44.0. The average molecular weight is 713 g/mol. The Kier molecular flexibility index (Phi) is 10.9. The molecule has 2 aliphatic heterocycles. The minimum atomic E-state index is -1.98. The van der Waals surface area contributed by atoms with Gasteiger partial charge in [-0.25, -0.2) is 0 Å². The van der Waals surface area contributed by atoms with E-state index in [1.165, 1.54) is 25.3 Å². The molecule has 0 aliphatic carbocycles. The van der Waals surface area contributed by atoms with Crippen molar-refractivity contribution in [1.82, 2.24) is 0 Å². The number of hydrogen-bond acceptors (Lipinski definition) is 19. The molecule has 0 bridgehead atoms. The fraction of sp³-hybridized carbons (Fsp3) is 0.484. The quantitative estimate of drug-likeness (QED) is 0.101. The molecule has 2 saturated heterocycles. The molecule has 1 aromatic heterocycles. The number of aliphatic hydroxyl groups excluding tert-OH is 7. The molecule has 10 atom stereocenters. The Hall–Kier alpha value is -4.44. The number of fused-ring (bicyclic) bond motifs is 1. The second kappa shape index (κ2) is 14.8. The summed E-state index contributed by atoms with van der Waals surface area (Å²) in [5.41, 5.74) is -1.56. The van der Waals surface area contributed by atoms with Crippen LogP contribution in [0.3, 0.4) is 0 Å². The minimum Gasteiger partial charge on any atom is -0.507 e. The van der Waals surface area contributed by atoms with Crippen molar-refractivity contribution in [3.63, 3.8) is 0 Å². The number of esters is 1. The molecule has 0 amide bonds. The first-order valence-corrected chi connectivity index (χ1v) is 15.0. The highest BCUT2D eigenvalue weighted by molar-refractivity contribution is 5.93. The van der Waals surface area contributed by atoms with E-state index in [1.807, 2.05) is 0 Å². The summed E-state index contributed by atoms with van der Waals surface area (Å²) >= 11 is 0. The van der Waals surface area contributed by atoms with Gasteiger partial charge in [0.1, 0.15) is 66.6 Å². The van der Waals surface area contributed by atoms with Crippen LogP contribution >= 0.6 is 0 Å². The van der Waals surface area contributed by atoms with Gasteiger partial charge in [0.25, 0.3) is 0 Å². The Morgan fingerprint density at radius 1 is 0.760 bits per heavy atom. The molecule has 3 heterocycles. The molecular formula is C31H36O19. The van der Waals surface area contributed by atoms with Crippen molar-refractivity contribution in [3.8, 4) is 45.8 Å². The number of hydrogen-bond donors (Lipinski definition) is 9. The minimum absolute atomic E-state index is 0.0118. The number of rotatable bonds is 10. The van der Waals surface area contributed by atoms with Gasteiger partial charge in [0, 0.05) is 18.6 Å². The van der Waals surface area contributed by atoms with Crippen molar-refractivity contribution in [1.29, 1.82) is 0 Å². The number of phenols is 2. The number of phenolic OH excluding ortho intramolecular Hbond substituents is 2. The molecular weight excluding hydrogens is 676 g/mol. The van der Waals surface area contributed by atoms with E-state index in [1.54, 1.807) is 0 Å². The Morgan fingerprint density at radius 2 is 1.38 bits per heavy atom. The van der Waals surface area contributed by atoms with Gasteiger partial charge >= 0.3 is 5.97 Å². The van der Waals surface area contributed by atoms with Crippen LogP contribution in [-0.2, 0) is 19.0 Å². The molecule has 5 rings (SSSR count). The van der Waals surface area contributed by atoms with E-state index in [9.17, 15) is 55.5 Å². The Morgan fingerprint density at radius 3 is 1.98 bits per heavy atom. The van der Waals surface area contributed by atoms with Crippen LogP contribution in [0.2, 0.25) is 0 Å². The third-order valence-electron chi connectivity index (χ3n) is 8.12. The van der Waals surface area contributed by atoms with Gasteiger partial charge in [-0.05, 0) is 18.2 Å². The van der Waals surface area contributed by atoms with Crippen LogP contribution in [0.4, 0.5) is 0 Å². The molecule has 0 spiro atoms. The first-order valence-electron chi connectivity index (χ1n) is 15.0. The SMILES string of the molecule is COc1cc(-c2oc3c(OC)c(O[C@@H]4O[C@H](CO)[C@@H](O)[C@H](O)[C@H]4O)cc(O)c3c(=O)c2O[C@@H]2O[C@H](COC(C)=O)[C@@H](O)[C@H](O)[C@H]2O)ccc1O. The monoisotopic (exact) mass is 712 g/mol. The summed E-state index contributed by atoms with van der Waals surface area (Å²) in [6.45, 7) is -0.236. The van der Waals surface area contributed by atoms with E-state index >= 15 is 0 Å². The van der Waals surface area contributed by atoms with Gasteiger partial charge in [0.2, 0.25) is 29.5 Å². The molecule has 274 valence electrons. The zero-order chi connectivity index (χ0) is 36.6. The molecule has 2 fully saturated rings.